The van der Waals surface area contributed by atoms with E-state index in [0.29, 0.717) is 44.5 Å². The Hall–Kier alpha value is -5.29. The minimum absolute atomic E-state index is 0.0408. The van der Waals surface area contributed by atoms with Crippen LogP contribution in [0.2, 0.25) is 5.02 Å². The molecule has 0 unspecified atom stereocenters. The number of likely N-dealkylation sites (tertiary alicyclic amines) is 1. The van der Waals surface area contributed by atoms with Crippen molar-refractivity contribution in [3.63, 3.8) is 0 Å². The van der Waals surface area contributed by atoms with Gasteiger partial charge in [0.1, 0.15) is 18.8 Å². The average molecular weight is 642 g/mol. The molecule has 1 saturated heterocycles. The van der Waals surface area contributed by atoms with Crippen LogP contribution >= 0.6 is 11.6 Å². The number of rotatable bonds is 8. The van der Waals surface area contributed by atoms with E-state index < -0.39 is 29.8 Å². The molecular weight excluding hydrogens is 616 g/mol. The largest absolute Gasteiger partial charge is 0.337 e. The summed E-state index contributed by atoms with van der Waals surface area (Å²) in [6.45, 7) is 0.829. The molecule has 0 saturated carbocycles. The normalized spacial score (nSPS) is 16.0. The molecule has 12 heteroatoms. The van der Waals surface area contributed by atoms with Crippen LogP contribution in [-0.2, 0) is 16.1 Å². The van der Waals surface area contributed by atoms with E-state index in [1.807, 2.05) is 0 Å². The fourth-order valence-electron chi connectivity index (χ4n) is 5.71. The number of amides is 2. The lowest BCUT2D eigenvalue weighted by atomic mass is 10.0. The Kier molecular flexibility index (Phi) is 8.42. The van der Waals surface area contributed by atoms with E-state index in [-0.39, 0.29) is 42.4 Å². The molecule has 0 bridgehead atoms. The Labute approximate surface area is 266 Å². The lowest BCUT2D eigenvalue weighted by Gasteiger charge is -2.24. The van der Waals surface area contributed by atoms with Gasteiger partial charge in [0.15, 0.2) is 23.7 Å². The molecule has 1 N–H and O–H groups in total. The number of ketones is 1. The minimum Gasteiger partial charge on any atom is -0.337 e. The lowest BCUT2D eigenvalue weighted by molar-refractivity contribution is -0.137. The third kappa shape index (κ3) is 5.89. The number of nitrogens with one attached hydrogen (secondary N) is 1. The van der Waals surface area contributed by atoms with Gasteiger partial charge >= 0.3 is 0 Å². The van der Waals surface area contributed by atoms with Crippen molar-refractivity contribution in [1.82, 2.24) is 19.4 Å². The number of anilines is 1. The van der Waals surface area contributed by atoms with Crippen LogP contribution < -0.4 is 5.32 Å². The zero-order valence-electron chi connectivity index (χ0n) is 24.4. The first-order valence-corrected chi connectivity index (χ1v) is 14.7. The van der Waals surface area contributed by atoms with Gasteiger partial charge in [-0.15, -0.1) is 0 Å². The number of benzene rings is 3. The van der Waals surface area contributed by atoms with Crippen LogP contribution in [-0.4, -0.2) is 62.1 Å². The quantitative estimate of drug-likeness (QED) is 0.161. The van der Waals surface area contributed by atoms with Gasteiger partial charge in [0.05, 0.1) is 12.2 Å². The summed E-state index contributed by atoms with van der Waals surface area (Å²) in [4.78, 5) is 59.5. The van der Waals surface area contributed by atoms with Crippen LogP contribution in [0.3, 0.4) is 0 Å². The van der Waals surface area contributed by atoms with E-state index in [9.17, 15) is 23.6 Å². The van der Waals surface area contributed by atoms with Gasteiger partial charge in [-0.25, -0.2) is 18.7 Å². The fourth-order valence-corrected chi connectivity index (χ4v) is 5.95. The second-order valence-corrected chi connectivity index (χ2v) is 11.3. The molecule has 3 heterocycles. The van der Waals surface area contributed by atoms with E-state index in [1.54, 1.807) is 59.3 Å². The van der Waals surface area contributed by atoms with Gasteiger partial charge in [-0.3, -0.25) is 19.2 Å². The summed E-state index contributed by atoms with van der Waals surface area (Å²) in [5.74, 6) is -2.17. The molecule has 1 fully saturated rings. The molecule has 2 aromatic heterocycles. The van der Waals surface area contributed by atoms with Gasteiger partial charge in [0.2, 0.25) is 11.8 Å². The average Bonchev–Trinajstić information content (AvgIpc) is 3.63. The second kappa shape index (κ2) is 12.6. The summed E-state index contributed by atoms with van der Waals surface area (Å²) in [5.41, 5.74) is 2.76. The third-order valence-electron chi connectivity index (χ3n) is 7.97. The first kappa shape index (κ1) is 30.7. The highest BCUT2D eigenvalue weighted by Gasteiger charge is 2.40. The highest BCUT2D eigenvalue weighted by Crippen LogP contribution is 2.34. The monoisotopic (exact) mass is 641 g/mol. The molecular formula is C34H26ClF2N5O4. The van der Waals surface area contributed by atoms with Gasteiger partial charge in [0.25, 0.3) is 0 Å². The Morgan fingerprint density at radius 2 is 1.76 bits per heavy atom. The van der Waals surface area contributed by atoms with Gasteiger partial charge in [-0.2, -0.15) is 0 Å². The first-order valence-electron chi connectivity index (χ1n) is 14.3. The Morgan fingerprint density at radius 1 is 1.02 bits per heavy atom. The number of halogens is 3. The van der Waals surface area contributed by atoms with Crippen LogP contribution in [0, 0.1) is 5.82 Å². The van der Waals surface area contributed by atoms with Gasteiger partial charge in [-0.1, -0.05) is 48.0 Å². The molecule has 2 atom stereocenters. The van der Waals surface area contributed by atoms with E-state index in [1.165, 1.54) is 31.5 Å². The molecule has 0 radical (unpaired) electrons. The standard InChI is InChI=1S/C34H26ClF2N5O4/c1-19(44)26-16-41(29-10-9-20(11-25(26)29)21-13-38-31(18-43)39-14-21)17-32(45)42-15-22(36)12-30(42)34(46)40-28-8-4-6-24(33(28)37)23-5-2-3-7-27(23)35/h2-11,13-14,16,18,22,30H,12,15,17H2,1H3,(H,40,46)/t22-,30+/m1/s1. The predicted molar refractivity (Wildman–Crippen MR) is 169 cm³/mol. The number of carbonyl (C=O) groups excluding carboxylic acids is 4. The fraction of sp³-hybridized carbons (Fsp3) is 0.176. The smallest absolute Gasteiger partial charge is 0.247 e. The first-order chi connectivity index (χ1) is 22.1. The number of carbonyl (C=O) groups is 4. The van der Waals surface area contributed by atoms with Crippen LogP contribution in [0.15, 0.2) is 79.3 Å². The molecule has 5 aromatic rings. The summed E-state index contributed by atoms with van der Waals surface area (Å²) in [5, 5.41) is 3.44. The lowest BCUT2D eigenvalue weighted by Crippen LogP contribution is -2.44. The molecule has 0 aliphatic carbocycles. The summed E-state index contributed by atoms with van der Waals surface area (Å²) in [6.07, 6.45) is 3.38. The maximum Gasteiger partial charge on any atom is 0.247 e. The van der Waals surface area contributed by atoms with Crippen molar-refractivity contribution in [2.75, 3.05) is 11.9 Å². The van der Waals surface area contributed by atoms with Crippen molar-refractivity contribution in [2.24, 2.45) is 0 Å². The number of hydrogen-bond acceptors (Lipinski definition) is 6. The van der Waals surface area contributed by atoms with E-state index in [4.69, 9.17) is 11.6 Å². The number of Topliss-reactive ketones (excluding diaryl/α,β-unsaturated/α-hetero) is 1. The molecule has 1 aliphatic heterocycles. The summed E-state index contributed by atoms with van der Waals surface area (Å²) in [6, 6.07) is 15.3. The van der Waals surface area contributed by atoms with Crippen molar-refractivity contribution in [3.8, 4) is 22.3 Å². The van der Waals surface area contributed by atoms with Crippen LogP contribution in [0.1, 0.15) is 34.3 Å². The zero-order valence-corrected chi connectivity index (χ0v) is 25.2. The minimum atomic E-state index is -1.46. The molecule has 46 heavy (non-hydrogen) atoms. The third-order valence-corrected chi connectivity index (χ3v) is 8.30. The van der Waals surface area contributed by atoms with E-state index in [0.717, 1.165) is 4.90 Å². The highest BCUT2D eigenvalue weighted by molar-refractivity contribution is 6.33. The van der Waals surface area contributed by atoms with Crippen molar-refractivity contribution in [3.05, 3.63) is 101 Å². The molecule has 0 spiro atoms. The maximum atomic E-state index is 15.5. The molecule has 6 rings (SSSR count). The van der Waals surface area contributed by atoms with Crippen LogP contribution in [0.5, 0.6) is 0 Å². The van der Waals surface area contributed by atoms with Crippen molar-refractivity contribution in [2.45, 2.75) is 32.1 Å². The van der Waals surface area contributed by atoms with Crippen molar-refractivity contribution >= 4 is 52.1 Å². The molecule has 2 amide bonds. The molecule has 232 valence electrons. The summed E-state index contributed by atoms with van der Waals surface area (Å²) >= 11 is 6.25. The number of aromatic nitrogens is 3. The summed E-state index contributed by atoms with van der Waals surface area (Å²) in [7, 11) is 0. The van der Waals surface area contributed by atoms with E-state index in [2.05, 4.69) is 15.3 Å². The van der Waals surface area contributed by atoms with Crippen LogP contribution in [0.25, 0.3) is 33.2 Å². The molecule has 3 aromatic carbocycles. The SMILES string of the molecule is CC(=O)c1cn(CC(=O)N2C[C@H](F)C[C@H]2C(=O)Nc2cccc(-c3ccccc3Cl)c2F)c2ccc(-c3cnc(C=O)nc3)cc12. The van der Waals surface area contributed by atoms with Crippen LogP contribution in [0.4, 0.5) is 14.5 Å². The van der Waals surface area contributed by atoms with Crippen molar-refractivity contribution < 1.29 is 28.0 Å². The predicted octanol–water partition coefficient (Wildman–Crippen LogP) is 6.15. The van der Waals surface area contributed by atoms with Gasteiger partial charge in [0, 0.05) is 63.2 Å². The Morgan fingerprint density at radius 3 is 2.48 bits per heavy atom. The second-order valence-electron chi connectivity index (χ2n) is 10.9. The zero-order chi connectivity index (χ0) is 32.5. The van der Waals surface area contributed by atoms with Gasteiger partial charge in [-0.05, 0) is 36.8 Å². The maximum absolute atomic E-state index is 15.5. The van der Waals surface area contributed by atoms with Gasteiger partial charge < -0.3 is 14.8 Å². The number of nitrogens with zero attached hydrogens (tertiary/aromatic N) is 4. The molecule has 1 aliphatic rings. The number of fused-ring (bicyclic) bond motifs is 1. The number of alkyl halides is 1. The van der Waals surface area contributed by atoms with E-state index >= 15 is 4.39 Å². The Balaban J connectivity index is 1.24. The Bertz CT molecular complexity index is 2010. The van der Waals surface area contributed by atoms with Crippen molar-refractivity contribution in [1.29, 1.82) is 0 Å². The topological polar surface area (TPSA) is 114 Å². The summed E-state index contributed by atoms with van der Waals surface area (Å²) < 4.78 is 31.8. The number of hydrogen-bond donors (Lipinski definition) is 1. The molecule has 9 nitrogen and oxygen atoms in total. The number of aldehydes is 1. The highest BCUT2D eigenvalue weighted by atomic mass is 35.5.